The lowest BCUT2D eigenvalue weighted by Crippen LogP contribution is -2.30. The van der Waals surface area contributed by atoms with Crippen LogP contribution in [-0.2, 0) is 5.41 Å². The lowest BCUT2D eigenvalue weighted by Gasteiger charge is -2.36. The van der Waals surface area contributed by atoms with Crippen molar-refractivity contribution in [3.8, 4) is 45.0 Å². The molecule has 0 saturated carbocycles. The number of hydrogen-bond donors (Lipinski definition) is 0. The summed E-state index contributed by atoms with van der Waals surface area (Å²) in [5, 5.41) is 5.09. The van der Waals surface area contributed by atoms with E-state index >= 15 is 0 Å². The van der Waals surface area contributed by atoms with Crippen molar-refractivity contribution in [3.63, 3.8) is 0 Å². The van der Waals surface area contributed by atoms with Crippen molar-refractivity contribution in [2.24, 2.45) is 0 Å². The van der Waals surface area contributed by atoms with Crippen LogP contribution in [0.1, 0.15) is 33.4 Å². The Morgan fingerprint density at radius 3 is 1.83 bits per heavy atom. The molecule has 9 aromatic rings. The van der Waals surface area contributed by atoms with E-state index in [1.54, 1.807) is 6.20 Å². The number of nitrogens with zero attached hydrogens (tertiary/aromatic N) is 3. The smallest absolute Gasteiger partial charge is 0.160 e. The molecule has 1 spiro atoms. The normalized spacial score (nSPS) is 15.2. The maximum Gasteiger partial charge on any atom is 0.160 e. The van der Waals surface area contributed by atoms with Crippen molar-refractivity contribution >= 4 is 33.7 Å². The largest absolute Gasteiger partial charge is 0.264 e. The maximum absolute atomic E-state index is 5.26. The van der Waals surface area contributed by atoms with Gasteiger partial charge in [0.05, 0.1) is 16.8 Å². The van der Waals surface area contributed by atoms with E-state index < -0.39 is 5.41 Å². The first-order valence-electron chi connectivity index (χ1n) is 18.1. The predicted octanol–water partition coefficient (Wildman–Crippen LogP) is 12.0. The maximum atomic E-state index is 5.26. The zero-order valence-electron chi connectivity index (χ0n) is 28.7. The minimum atomic E-state index is -0.621. The first-order valence-corrected chi connectivity index (χ1v) is 18.1. The van der Waals surface area contributed by atoms with Crippen molar-refractivity contribution in [2.75, 3.05) is 0 Å². The fourth-order valence-electron chi connectivity index (χ4n) is 9.00. The van der Waals surface area contributed by atoms with Crippen LogP contribution in [0.5, 0.6) is 0 Å². The van der Waals surface area contributed by atoms with Crippen LogP contribution in [0.25, 0.3) is 78.7 Å². The van der Waals surface area contributed by atoms with E-state index in [9.17, 15) is 0 Å². The monoisotopic (exact) mass is 673 g/mol. The number of aromatic nitrogens is 3. The molecule has 7 aromatic carbocycles. The molecule has 0 radical (unpaired) electrons. The molecular formula is C50H31N3. The highest BCUT2D eigenvalue weighted by Crippen LogP contribution is 2.62. The molecule has 1 unspecified atom stereocenters. The van der Waals surface area contributed by atoms with Crippen molar-refractivity contribution in [2.45, 2.75) is 5.41 Å². The molecule has 0 aliphatic heterocycles. The molecule has 0 saturated heterocycles. The Balaban J connectivity index is 1.27. The van der Waals surface area contributed by atoms with E-state index in [1.807, 2.05) is 18.3 Å². The Morgan fingerprint density at radius 1 is 0.415 bits per heavy atom. The van der Waals surface area contributed by atoms with Gasteiger partial charge in [-0.05, 0) is 90.3 Å². The molecule has 53 heavy (non-hydrogen) atoms. The summed E-state index contributed by atoms with van der Waals surface area (Å²) in [5.41, 5.74) is 14.1. The minimum Gasteiger partial charge on any atom is -0.264 e. The van der Waals surface area contributed by atoms with Gasteiger partial charge in [-0.3, -0.25) is 4.98 Å². The van der Waals surface area contributed by atoms with Crippen LogP contribution in [0.15, 0.2) is 176 Å². The quantitative estimate of drug-likeness (QED) is 0.175. The fraction of sp³-hybridized carbons (Fsp3) is 0.0200. The molecule has 246 valence electrons. The van der Waals surface area contributed by atoms with Gasteiger partial charge in [-0.2, -0.15) is 0 Å². The molecule has 0 fully saturated rings. The summed E-state index contributed by atoms with van der Waals surface area (Å²) in [6, 6.07) is 59.2. The van der Waals surface area contributed by atoms with Gasteiger partial charge in [-0.15, -0.1) is 0 Å². The summed E-state index contributed by atoms with van der Waals surface area (Å²) in [5.74, 6) is 0.680. The molecule has 0 amide bonds. The molecule has 2 aliphatic carbocycles. The van der Waals surface area contributed by atoms with Crippen molar-refractivity contribution in [1.82, 2.24) is 15.0 Å². The van der Waals surface area contributed by atoms with E-state index in [0.717, 1.165) is 28.1 Å². The number of rotatable bonds is 3. The Bertz CT molecular complexity index is 2890. The number of benzene rings is 7. The van der Waals surface area contributed by atoms with E-state index in [0.29, 0.717) is 5.82 Å². The molecule has 11 rings (SSSR count). The molecule has 3 heteroatoms. The number of pyridine rings is 1. The Hall–Kier alpha value is -6.97. The lowest BCUT2D eigenvalue weighted by molar-refractivity contribution is 0.774. The average molecular weight is 674 g/mol. The standard InChI is InChI=1S/C50H31N3/c1-2-14-34(15-3-1)45-30-46(36-16-12-28-51-31-36)53-49(52-45)35-27-26-33-25-24-32-13-4-10-22-42(32)50(44(33)29-35)43-23-11-9-21-41(43)47-39-19-7-5-17-37(39)38-18-6-8-20-40(38)48(47)50/h1-31H. The summed E-state index contributed by atoms with van der Waals surface area (Å²) < 4.78 is 0. The highest BCUT2D eigenvalue weighted by molar-refractivity contribution is 6.19. The van der Waals surface area contributed by atoms with Gasteiger partial charge in [0, 0.05) is 29.1 Å². The van der Waals surface area contributed by atoms with Crippen molar-refractivity contribution in [3.05, 3.63) is 210 Å². The highest BCUT2D eigenvalue weighted by Gasteiger charge is 2.50. The summed E-state index contributed by atoms with van der Waals surface area (Å²) in [4.78, 5) is 14.9. The van der Waals surface area contributed by atoms with Gasteiger partial charge in [0.2, 0.25) is 0 Å². The molecule has 0 bridgehead atoms. The van der Waals surface area contributed by atoms with E-state index in [-0.39, 0.29) is 0 Å². The molecule has 2 heterocycles. The topological polar surface area (TPSA) is 38.7 Å². The third-order valence-corrected chi connectivity index (χ3v) is 11.2. The van der Waals surface area contributed by atoms with Crippen LogP contribution in [-0.4, -0.2) is 15.0 Å². The molecule has 2 aliphatic rings. The van der Waals surface area contributed by atoms with Gasteiger partial charge in [0.25, 0.3) is 0 Å². The SMILES string of the molecule is C1=Cc2ccc(-c3nc(-c4ccccc4)cc(-c4cccnc4)n3)cc2C2(c3ccccc31)c1ccccc1-c1c2c2ccccc2c2ccccc12. The fourth-order valence-corrected chi connectivity index (χ4v) is 9.00. The number of fused-ring (bicyclic) bond motifs is 14. The Labute approximate surface area is 307 Å². The molecule has 3 nitrogen and oxygen atoms in total. The van der Waals surface area contributed by atoms with Gasteiger partial charge in [-0.1, -0.05) is 152 Å². The van der Waals surface area contributed by atoms with Gasteiger partial charge in [-0.25, -0.2) is 9.97 Å². The third-order valence-electron chi connectivity index (χ3n) is 11.2. The van der Waals surface area contributed by atoms with Gasteiger partial charge >= 0.3 is 0 Å². The summed E-state index contributed by atoms with van der Waals surface area (Å²) >= 11 is 0. The number of hydrogen-bond acceptors (Lipinski definition) is 3. The van der Waals surface area contributed by atoms with Gasteiger partial charge < -0.3 is 0 Å². The first-order chi connectivity index (χ1) is 26.3. The van der Waals surface area contributed by atoms with Gasteiger partial charge in [0.15, 0.2) is 5.82 Å². The van der Waals surface area contributed by atoms with E-state index in [1.165, 1.54) is 66.1 Å². The molecule has 0 N–H and O–H groups in total. The van der Waals surface area contributed by atoms with E-state index in [2.05, 4.69) is 169 Å². The molecule has 1 atom stereocenters. The van der Waals surface area contributed by atoms with Crippen molar-refractivity contribution < 1.29 is 0 Å². The third kappa shape index (κ3) is 4.31. The predicted molar refractivity (Wildman–Crippen MR) is 217 cm³/mol. The molecular weight excluding hydrogens is 643 g/mol. The Kier molecular flexibility index (Phi) is 6.47. The van der Waals surface area contributed by atoms with Crippen LogP contribution in [0.3, 0.4) is 0 Å². The first kappa shape index (κ1) is 29.7. The zero-order chi connectivity index (χ0) is 34.9. The van der Waals surface area contributed by atoms with Crippen LogP contribution in [0.4, 0.5) is 0 Å². The second-order valence-corrected chi connectivity index (χ2v) is 13.9. The van der Waals surface area contributed by atoms with Crippen LogP contribution in [0, 0.1) is 0 Å². The van der Waals surface area contributed by atoms with Crippen LogP contribution in [0.2, 0.25) is 0 Å². The van der Waals surface area contributed by atoms with E-state index in [4.69, 9.17) is 9.97 Å². The second-order valence-electron chi connectivity index (χ2n) is 13.9. The van der Waals surface area contributed by atoms with Gasteiger partial charge in [0.1, 0.15) is 0 Å². The highest BCUT2D eigenvalue weighted by atomic mass is 14.9. The van der Waals surface area contributed by atoms with Crippen LogP contribution >= 0.6 is 0 Å². The summed E-state index contributed by atoms with van der Waals surface area (Å²) in [6.45, 7) is 0. The summed E-state index contributed by atoms with van der Waals surface area (Å²) in [7, 11) is 0. The van der Waals surface area contributed by atoms with Crippen LogP contribution < -0.4 is 0 Å². The minimum absolute atomic E-state index is 0.621. The second kappa shape index (κ2) is 11.5. The average Bonchev–Trinajstić information content (AvgIpc) is 3.47. The lowest BCUT2D eigenvalue weighted by atomic mass is 9.64. The summed E-state index contributed by atoms with van der Waals surface area (Å²) in [6.07, 6.45) is 8.25. The Morgan fingerprint density at radius 2 is 1.04 bits per heavy atom. The van der Waals surface area contributed by atoms with Crippen molar-refractivity contribution in [1.29, 1.82) is 0 Å². The zero-order valence-corrected chi connectivity index (χ0v) is 28.7. The molecule has 2 aromatic heterocycles.